The Hall–Kier alpha value is -2.95. The maximum atomic E-state index is 12.4. The van der Waals surface area contributed by atoms with Crippen LogP contribution in [-0.2, 0) is 30.3 Å². The van der Waals surface area contributed by atoms with Gasteiger partial charge in [0.2, 0.25) is 17.7 Å². The minimum Gasteiger partial charge on any atom is -0.445 e. The molecule has 12 nitrogen and oxygen atoms in total. The number of benzene rings is 1. The van der Waals surface area contributed by atoms with Crippen LogP contribution in [0.1, 0.15) is 33.3 Å². The smallest absolute Gasteiger partial charge is 0.410 e. The van der Waals surface area contributed by atoms with Crippen molar-refractivity contribution in [2.24, 2.45) is 0 Å². The zero-order valence-electron chi connectivity index (χ0n) is 19.1. The summed E-state index contributed by atoms with van der Waals surface area (Å²) in [6.45, 7) is 5.35. The summed E-state index contributed by atoms with van der Waals surface area (Å²) in [6.07, 6.45) is -0.719. The Labute approximate surface area is 192 Å². The zero-order chi connectivity index (χ0) is 25.3. The van der Waals surface area contributed by atoms with Crippen LogP contribution in [-0.4, -0.2) is 69.5 Å². The molecule has 0 unspecified atom stereocenters. The fourth-order valence-electron chi connectivity index (χ4n) is 2.37. The Kier molecular flexibility index (Phi) is 10.5. The maximum Gasteiger partial charge on any atom is 0.410 e. The van der Waals surface area contributed by atoms with Gasteiger partial charge in [0.25, 0.3) is 0 Å². The van der Waals surface area contributed by atoms with Crippen molar-refractivity contribution in [1.82, 2.24) is 20.9 Å². The van der Waals surface area contributed by atoms with Gasteiger partial charge in [-0.3, -0.25) is 23.8 Å². The standard InChI is InChI=1S/C20H31N4O8P/c1-12(17(25)21-13(2)18(26)23-15(4)33(29,30)31)22-19(27)14(3)24(5)20(28)32-11-16-9-7-6-8-10-16/h6-10,12-15H,11H2,1-5H3,(H,21,25)(H,22,27)(H,23,26)(H2,29,30,31)/t12-,13-,14-,15+/m0/s1. The topological polar surface area (TPSA) is 174 Å². The van der Waals surface area contributed by atoms with Gasteiger partial charge in [-0.15, -0.1) is 0 Å². The summed E-state index contributed by atoms with van der Waals surface area (Å²) in [5, 5.41) is 6.90. The Morgan fingerprint density at radius 1 is 0.909 bits per heavy atom. The molecule has 0 aliphatic carbocycles. The molecule has 5 N–H and O–H groups in total. The van der Waals surface area contributed by atoms with Crippen molar-refractivity contribution in [2.75, 3.05) is 7.05 Å². The quantitative estimate of drug-likeness (QED) is 0.293. The van der Waals surface area contributed by atoms with E-state index in [0.717, 1.165) is 17.4 Å². The third-order valence-corrected chi connectivity index (χ3v) is 5.95. The summed E-state index contributed by atoms with van der Waals surface area (Å²) >= 11 is 0. The molecule has 0 aliphatic rings. The van der Waals surface area contributed by atoms with E-state index < -0.39 is 55.3 Å². The molecule has 0 heterocycles. The third kappa shape index (κ3) is 9.21. The molecule has 33 heavy (non-hydrogen) atoms. The van der Waals surface area contributed by atoms with E-state index in [4.69, 9.17) is 14.5 Å². The lowest BCUT2D eigenvalue weighted by Crippen LogP contribution is -2.55. The van der Waals surface area contributed by atoms with E-state index in [2.05, 4.69) is 16.0 Å². The monoisotopic (exact) mass is 486 g/mol. The zero-order valence-corrected chi connectivity index (χ0v) is 20.0. The Morgan fingerprint density at radius 3 is 1.91 bits per heavy atom. The lowest BCUT2D eigenvalue weighted by molar-refractivity contribution is -0.132. The van der Waals surface area contributed by atoms with Crippen LogP contribution in [0, 0.1) is 0 Å². The summed E-state index contributed by atoms with van der Waals surface area (Å²) in [6, 6.07) is 5.90. The molecule has 4 atom stereocenters. The first kappa shape index (κ1) is 28.1. The lowest BCUT2D eigenvalue weighted by atomic mass is 10.2. The van der Waals surface area contributed by atoms with Gasteiger partial charge < -0.3 is 30.5 Å². The largest absolute Gasteiger partial charge is 0.445 e. The minimum absolute atomic E-state index is 0.0394. The van der Waals surface area contributed by atoms with Crippen LogP contribution in [0.4, 0.5) is 4.79 Å². The number of hydrogen-bond acceptors (Lipinski definition) is 6. The molecule has 0 aromatic heterocycles. The van der Waals surface area contributed by atoms with Gasteiger partial charge in [-0.25, -0.2) is 4.79 Å². The first-order valence-corrected chi connectivity index (χ1v) is 11.8. The van der Waals surface area contributed by atoms with Crippen molar-refractivity contribution >= 4 is 31.4 Å². The maximum absolute atomic E-state index is 12.4. The molecule has 0 saturated carbocycles. The van der Waals surface area contributed by atoms with Crippen molar-refractivity contribution < 1.29 is 38.3 Å². The molecule has 0 spiro atoms. The number of carbonyl (C=O) groups is 4. The fourth-order valence-corrected chi connectivity index (χ4v) is 2.67. The van der Waals surface area contributed by atoms with E-state index in [1.165, 1.54) is 27.8 Å². The number of carbonyl (C=O) groups excluding carboxylic acids is 4. The highest BCUT2D eigenvalue weighted by Gasteiger charge is 2.30. The van der Waals surface area contributed by atoms with Crippen molar-refractivity contribution in [3.8, 4) is 0 Å². The van der Waals surface area contributed by atoms with E-state index in [1.54, 1.807) is 24.3 Å². The van der Waals surface area contributed by atoms with E-state index >= 15 is 0 Å². The molecule has 0 radical (unpaired) electrons. The third-order valence-electron chi connectivity index (χ3n) is 4.81. The van der Waals surface area contributed by atoms with Crippen LogP contribution < -0.4 is 16.0 Å². The van der Waals surface area contributed by atoms with Gasteiger partial charge in [-0.05, 0) is 33.3 Å². The SMILES string of the molecule is C[C@H](NC(=O)[C@H](C)NC(=O)[C@H](C)N(C)C(=O)OCc1ccccc1)C(=O)N[C@@H](C)P(=O)(O)O. The summed E-state index contributed by atoms with van der Waals surface area (Å²) < 4.78 is 16.3. The highest BCUT2D eigenvalue weighted by atomic mass is 31.2. The number of nitrogens with zero attached hydrogens (tertiary/aromatic N) is 1. The molecule has 1 aromatic rings. The van der Waals surface area contributed by atoms with Crippen molar-refractivity contribution in [3.63, 3.8) is 0 Å². The van der Waals surface area contributed by atoms with Gasteiger partial charge in [0.15, 0.2) is 0 Å². The average molecular weight is 486 g/mol. The van der Waals surface area contributed by atoms with Gasteiger partial charge in [0, 0.05) is 7.05 Å². The number of ether oxygens (including phenoxy) is 1. The molecule has 184 valence electrons. The molecular weight excluding hydrogens is 455 g/mol. The fraction of sp³-hybridized carbons (Fsp3) is 0.500. The van der Waals surface area contributed by atoms with Crippen molar-refractivity contribution in [3.05, 3.63) is 35.9 Å². The van der Waals surface area contributed by atoms with Crippen LogP contribution in [0.25, 0.3) is 0 Å². The molecule has 0 saturated heterocycles. The number of hydrogen-bond donors (Lipinski definition) is 5. The normalized spacial score (nSPS) is 14.8. The number of likely N-dealkylation sites (N-methyl/N-ethyl adjacent to an activating group) is 1. The average Bonchev–Trinajstić information content (AvgIpc) is 2.75. The van der Waals surface area contributed by atoms with Crippen LogP contribution >= 0.6 is 7.60 Å². The van der Waals surface area contributed by atoms with Crippen LogP contribution in [0.5, 0.6) is 0 Å². The molecule has 4 amide bonds. The second-order valence-corrected chi connectivity index (χ2v) is 9.51. The number of rotatable bonds is 10. The Bertz CT molecular complexity index is 891. The lowest BCUT2D eigenvalue weighted by Gasteiger charge is -2.25. The Balaban J connectivity index is 2.54. The predicted molar refractivity (Wildman–Crippen MR) is 119 cm³/mol. The van der Waals surface area contributed by atoms with Crippen LogP contribution in [0.15, 0.2) is 30.3 Å². The van der Waals surface area contributed by atoms with E-state index in [-0.39, 0.29) is 6.61 Å². The first-order chi connectivity index (χ1) is 15.2. The molecule has 0 aliphatic heterocycles. The molecule has 1 rings (SSSR count). The van der Waals surface area contributed by atoms with Crippen LogP contribution in [0.3, 0.4) is 0 Å². The van der Waals surface area contributed by atoms with Crippen molar-refractivity contribution in [2.45, 2.75) is 58.2 Å². The van der Waals surface area contributed by atoms with E-state index in [9.17, 15) is 23.7 Å². The van der Waals surface area contributed by atoms with Gasteiger partial charge in [-0.2, -0.15) is 0 Å². The molecule has 1 aromatic carbocycles. The molecule has 0 fully saturated rings. The highest BCUT2D eigenvalue weighted by molar-refractivity contribution is 7.52. The van der Waals surface area contributed by atoms with Gasteiger partial charge >= 0.3 is 13.7 Å². The van der Waals surface area contributed by atoms with E-state index in [1.807, 2.05) is 6.07 Å². The first-order valence-electron chi connectivity index (χ1n) is 10.1. The summed E-state index contributed by atoms with van der Waals surface area (Å²) in [5.74, 6) is -3.54. The number of nitrogens with one attached hydrogen (secondary N) is 3. The molecule has 0 bridgehead atoms. The van der Waals surface area contributed by atoms with Crippen LogP contribution in [0.2, 0.25) is 0 Å². The number of amides is 4. The summed E-state index contributed by atoms with van der Waals surface area (Å²) in [7, 11) is -3.13. The van der Waals surface area contributed by atoms with Gasteiger partial charge in [-0.1, -0.05) is 30.3 Å². The second-order valence-electron chi connectivity index (χ2n) is 7.56. The highest BCUT2D eigenvalue weighted by Crippen LogP contribution is 2.39. The molecule has 13 heteroatoms. The van der Waals surface area contributed by atoms with Gasteiger partial charge in [0.05, 0.1) is 0 Å². The van der Waals surface area contributed by atoms with Gasteiger partial charge in [0.1, 0.15) is 30.5 Å². The summed E-state index contributed by atoms with van der Waals surface area (Å²) in [4.78, 5) is 68.1. The predicted octanol–water partition coefficient (Wildman–Crippen LogP) is 0.293. The molecular formula is C20H31N4O8P. The van der Waals surface area contributed by atoms with E-state index in [0.29, 0.717) is 0 Å². The minimum atomic E-state index is -4.52. The Morgan fingerprint density at radius 2 is 1.39 bits per heavy atom. The summed E-state index contributed by atoms with van der Waals surface area (Å²) in [5.41, 5.74) is 0.787. The van der Waals surface area contributed by atoms with Crippen molar-refractivity contribution in [1.29, 1.82) is 0 Å². The second kappa shape index (κ2) is 12.3.